The van der Waals surface area contributed by atoms with Gasteiger partial charge in [0.15, 0.2) is 0 Å². The maximum absolute atomic E-state index is 13.6. The summed E-state index contributed by atoms with van der Waals surface area (Å²) in [4.78, 5) is 12.3. The number of hydrogen-bond acceptors (Lipinski definition) is 4. The van der Waals surface area contributed by atoms with Crippen LogP contribution in [0.2, 0.25) is 0 Å². The zero-order valence-corrected chi connectivity index (χ0v) is 16.2. The third kappa shape index (κ3) is 5.20. The van der Waals surface area contributed by atoms with Crippen LogP contribution in [0.15, 0.2) is 66.7 Å². The Balaban J connectivity index is 1.67. The maximum atomic E-state index is 13.6. The standard InChI is InChI=1S/C24H20FNO3/c1-16(2)15-28-21-10-7-18(8-11-21)17-3-5-19(6-4-17)24(27)29-22-12-9-20(14-26)23(25)13-22/h3-13,16H,15H2,1-2H3. The number of hydrogen-bond donors (Lipinski definition) is 0. The van der Waals surface area contributed by atoms with E-state index in [9.17, 15) is 9.18 Å². The third-order valence-electron chi connectivity index (χ3n) is 4.16. The van der Waals surface area contributed by atoms with Crippen molar-refractivity contribution in [1.29, 1.82) is 5.26 Å². The molecule has 146 valence electrons. The van der Waals surface area contributed by atoms with Crippen molar-refractivity contribution in [2.45, 2.75) is 13.8 Å². The fraction of sp³-hybridized carbons (Fsp3) is 0.167. The molecule has 3 rings (SSSR count). The van der Waals surface area contributed by atoms with Gasteiger partial charge in [-0.3, -0.25) is 0 Å². The Kier molecular flexibility index (Phi) is 6.25. The third-order valence-corrected chi connectivity index (χ3v) is 4.16. The molecule has 0 radical (unpaired) electrons. The molecule has 0 fully saturated rings. The number of nitriles is 1. The molecule has 0 atom stereocenters. The van der Waals surface area contributed by atoms with Gasteiger partial charge in [-0.05, 0) is 53.4 Å². The lowest BCUT2D eigenvalue weighted by molar-refractivity contribution is 0.0734. The Hall–Kier alpha value is -3.65. The second-order valence-electron chi connectivity index (χ2n) is 6.95. The molecule has 0 aromatic heterocycles. The highest BCUT2D eigenvalue weighted by atomic mass is 19.1. The van der Waals surface area contributed by atoms with Crippen molar-refractivity contribution in [2.24, 2.45) is 5.92 Å². The summed E-state index contributed by atoms with van der Waals surface area (Å²) in [5, 5.41) is 8.75. The fourth-order valence-electron chi connectivity index (χ4n) is 2.62. The van der Waals surface area contributed by atoms with E-state index in [1.165, 1.54) is 12.1 Å². The largest absolute Gasteiger partial charge is 0.493 e. The Labute approximate surface area is 169 Å². The quantitative estimate of drug-likeness (QED) is 0.406. The second-order valence-corrected chi connectivity index (χ2v) is 6.95. The van der Waals surface area contributed by atoms with Gasteiger partial charge in [-0.2, -0.15) is 5.26 Å². The van der Waals surface area contributed by atoms with E-state index in [1.807, 2.05) is 36.4 Å². The zero-order valence-electron chi connectivity index (χ0n) is 16.2. The number of esters is 1. The van der Waals surface area contributed by atoms with E-state index >= 15 is 0 Å². The number of benzene rings is 3. The highest BCUT2D eigenvalue weighted by Gasteiger charge is 2.11. The van der Waals surface area contributed by atoms with Crippen molar-refractivity contribution >= 4 is 5.97 Å². The van der Waals surface area contributed by atoms with Crippen molar-refractivity contribution in [3.05, 3.63) is 83.7 Å². The number of nitrogens with zero attached hydrogens (tertiary/aromatic N) is 1. The van der Waals surface area contributed by atoms with Gasteiger partial charge in [0.2, 0.25) is 0 Å². The summed E-state index contributed by atoms with van der Waals surface area (Å²) >= 11 is 0. The van der Waals surface area contributed by atoms with E-state index in [0.29, 0.717) is 18.1 Å². The van der Waals surface area contributed by atoms with Gasteiger partial charge in [0.25, 0.3) is 0 Å². The average molecular weight is 389 g/mol. The molecular formula is C24H20FNO3. The van der Waals surface area contributed by atoms with Gasteiger partial charge in [0, 0.05) is 6.07 Å². The molecule has 5 heteroatoms. The molecule has 0 saturated carbocycles. The molecule has 4 nitrogen and oxygen atoms in total. The van der Waals surface area contributed by atoms with Crippen LogP contribution in [0.3, 0.4) is 0 Å². The van der Waals surface area contributed by atoms with E-state index < -0.39 is 11.8 Å². The Morgan fingerprint density at radius 1 is 0.966 bits per heavy atom. The minimum absolute atomic E-state index is 0.0487. The highest BCUT2D eigenvalue weighted by Crippen LogP contribution is 2.24. The smallest absolute Gasteiger partial charge is 0.343 e. The first kappa shape index (κ1) is 20.1. The van der Waals surface area contributed by atoms with Crippen LogP contribution in [-0.2, 0) is 0 Å². The Morgan fingerprint density at radius 2 is 1.55 bits per heavy atom. The number of carbonyl (C=O) groups excluding carboxylic acids is 1. The Morgan fingerprint density at radius 3 is 2.10 bits per heavy atom. The normalized spacial score (nSPS) is 10.4. The van der Waals surface area contributed by atoms with Gasteiger partial charge in [-0.1, -0.05) is 38.1 Å². The van der Waals surface area contributed by atoms with E-state index in [2.05, 4.69) is 13.8 Å². The fourth-order valence-corrected chi connectivity index (χ4v) is 2.62. The first-order valence-corrected chi connectivity index (χ1v) is 9.21. The molecule has 0 unspecified atom stereocenters. The van der Waals surface area contributed by atoms with Crippen molar-refractivity contribution < 1.29 is 18.7 Å². The van der Waals surface area contributed by atoms with Crippen molar-refractivity contribution in [3.8, 4) is 28.7 Å². The first-order chi connectivity index (χ1) is 14.0. The van der Waals surface area contributed by atoms with Crippen LogP contribution in [0.1, 0.15) is 29.8 Å². The SMILES string of the molecule is CC(C)COc1ccc(-c2ccc(C(=O)Oc3ccc(C#N)c(F)c3)cc2)cc1. The molecule has 0 bridgehead atoms. The Bertz CT molecular complexity index is 1040. The number of rotatable bonds is 6. The number of ether oxygens (including phenoxy) is 2. The predicted octanol–water partition coefficient (Wildman–Crippen LogP) is 5.62. The average Bonchev–Trinajstić information content (AvgIpc) is 2.73. The van der Waals surface area contributed by atoms with Crippen LogP contribution in [0.5, 0.6) is 11.5 Å². The molecule has 3 aromatic carbocycles. The van der Waals surface area contributed by atoms with Crippen molar-refractivity contribution in [3.63, 3.8) is 0 Å². The van der Waals surface area contributed by atoms with Crippen LogP contribution < -0.4 is 9.47 Å². The lowest BCUT2D eigenvalue weighted by Crippen LogP contribution is -2.08. The number of halogens is 1. The lowest BCUT2D eigenvalue weighted by atomic mass is 10.0. The minimum Gasteiger partial charge on any atom is -0.493 e. The maximum Gasteiger partial charge on any atom is 0.343 e. The van der Waals surface area contributed by atoms with Crippen LogP contribution in [0, 0.1) is 23.1 Å². The molecule has 3 aromatic rings. The van der Waals surface area contributed by atoms with Gasteiger partial charge in [0.05, 0.1) is 17.7 Å². The number of carbonyl (C=O) groups is 1. The van der Waals surface area contributed by atoms with Crippen LogP contribution in [-0.4, -0.2) is 12.6 Å². The summed E-state index contributed by atoms with van der Waals surface area (Å²) in [6.07, 6.45) is 0. The summed E-state index contributed by atoms with van der Waals surface area (Å²) < 4.78 is 24.5. The summed E-state index contributed by atoms with van der Waals surface area (Å²) in [6.45, 7) is 4.86. The zero-order chi connectivity index (χ0) is 20.8. The first-order valence-electron chi connectivity index (χ1n) is 9.21. The van der Waals surface area contributed by atoms with Gasteiger partial charge in [-0.25, -0.2) is 9.18 Å². The summed E-state index contributed by atoms with van der Waals surface area (Å²) in [7, 11) is 0. The second kappa shape index (κ2) is 9.03. The lowest BCUT2D eigenvalue weighted by Gasteiger charge is -2.10. The van der Waals surface area contributed by atoms with Gasteiger partial charge in [-0.15, -0.1) is 0 Å². The minimum atomic E-state index is -0.728. The van der Waals surface area contributed by atoms with Crippen LogP contribution >= 0.6 is 0 Å². The summed E-state index contributed by atoms with van der Waals surface area (Å²) in [5.41, 5.74) is 2.18. The van der Waals surface area contributed by atoms with Crippen molar-refractivity contribution in [1.82, 2.24) is 0 Å². The van der Waals surface area contributed by atoms with Gasteiger partial charge in [0.1, 0.15) is 23.4 Å². The molecule has 0 aliphatic carbocycles. The molecule has 0 amide bonds. The monoisotopic (exact) mass is 389 g/mol. The topological polar surface area (TPSA) is 59.3 Å². The van der Waals surface area contributed by atoms with Gasteiger partial charge >= 0.3 is 5.97 Å². The molecule has 29 heavy (non-hydrogen) atoms. The van der Waals surface area contributed by atoms with Gasteiger partial charge < -0.3 is 9.47 Å². The molecular weight excluding hydrogens is 369 g/mol. The van der Waals surface area contributed by atoms with E-state index in [4.69, 9.17) is 14.7 Å². The predicted molar refractivity (Wildman–Crippen MR) is 108 cm³/mol. The summed E-state index contributed by atoms with van der Waals surface area (Å²) in [5.74, 6) is -0.000305. The van der Waals surface area contributed by atoms with Crippen LogP contribution in [0.25, 0.3) is 11.1 Å². The van der Waals surface area contributed by atoms with E-state index in [1.54, 1.807) is 18.2 Å². The van der Waals surface area contributed by atoms with Crippen molar-refractivity contribution in [2.75, 3.05) is 6.61 Å². The molecule has 0 heterocycles. The molecule has 0 spiro atoms. The molecule has 0 N–H and O–H groups in total. The molecule has 0 aliphatic rings. The highest BCUT2D eigenvalue weighted by molar-refractivity contribution is 5.91. The van der Waals surface area contributed by atoms with E-state index in [0.717, 1.165) is 22.9 Å². The van der Waals surface area contributed by atoms with E-state index in [-0.39, 0.29) is 11.3 Å². The molecule has 0 aliphatic heterocycles. The molecule has 0 saturated heterocycles. The summed E-state index contributed by atoms with van der Waals surface area (Å²) in [6, 6.07) is 20.1. The van der Waals surface area contributed by atoms with Crippen LogP contribution in [0.4, 0.5) is 4.39 Å².